The molecule has 2 aromatic carbocycles. The standard InChI is InChI=1S/C19H14N2O6S/c22-14-3-1-2-11(8-14)9-15-17(24)21(19(27)28-15)10-16(23)20-13-6-4-12(5-7-13)18(25)26/h1-9,22H,10H2,(H,20,23)(H,25,26)/b15-9-. The first-order valence-electron chi connectivity index (χ1n) is 8.01. The lowest BCUT2D eigenvalue weighted by molar-refractivity contribution is -0.127. The molecule has 3 rings (SSSR count). The van der Waals surface area contributed by atoms with Gasteiger partial charge in [-0.2, -0.15) is 0 Å². The number of nitrogens with zero attached hydrogens (tertiary/aromatic N) is 1. The number of imide groups is 1. The van der Waals surface area contributed by atoms with Gasteiger partial charge in [0.15, 0.2) is 0 Å². The van der Waals surface area contributed by atoms with Crippen LogP contribution in [0.5, 0.6) is 5.75 Å². The summed E-state index contributed by atoms with van der Waals surface area (Å²) < 4.78 is 0. The van der Waals surface area contributed by atoms with Gasteiger partial charge in [0.05, 0.1) is 10.5 Å². The van der Waals surface area contributed by atoms with Gasteiger partial charge in [0, 0.05) is 5.69 Å². The topological polar surface area (TPSA) is 124 Å². The van der Waals surface area contributed by atoms with Crippen molar-refractivity contribution in [3.63, 3.8) is 0 Å². The zero-order valence-corrected chi connectivity index (χ0v) is 15.1. The van der Waals surface area contributed by atoms with E-state index in [1.54, 1.807) is 12.1 Å². The van der Waals surface area contributed by atoms with Gasteiger partial charge in [-0.25, -0.2) is 4.79 Å². The van der Waals surface area contributed by atoms with E-state index in [4.69, 9.17) is 5.11 Å². The summed E-state index contributed by atoms with van der Waals surface area (Å²) in [5.74, 6) is -2.26. The number of carbonyl (C=O) groups is 4. The first-order chi connectivity index (χ1) is 13.3. The predicted octanol–water partition coefficient (Wildman–Crippen LogP) is 2.77. The van der Waals surface area contributed by atoms with Crippen LogP contribution in [0, 0.1) is 0 Å². The van der Waals surface area contributed by atoms with Crippen molar-refractivity contribution in [3.05, 3.63) is 64.6 Å². The number of anilines is 1. The Morgan fingerprint density at radius 1 is 1.11 bits per heavy atom. The van der Waals surface area contributed by atoms with Crippen molar-refractivity contribution < 1.29 is 29.4 Å². The molecule has 0 bridgehead atoms. The van der Waals surface area contributed by atoms with Crippen LogP contribution < -0.4 is 5.32 Å². The lowest BCUT2D eigenvalue weighted by atomic mass is 10.2. The van der Waals surface area contributed by atoms with Crippen LogP contribution in [-0.2, 0) is 9.59 Å². The number of hydrogen-bond acceptors (Lipinski definition) is 6. The molecule has 9 heteroatoms. The normalized spacial score (nSPS) is 15.1. The monoisotopic (exact) mass is 398 g/mol. The molecule has 0 aliphatic carbocycles. The van der Waals surface area contributed by atoms with Crippen LogP contribution in [0.1, 0.15) is 15.9 Å². The molecule has 1 heterocycles. The zero-order valence-electron chi connectivity index (χ0n) is 14.3. The molecule has 1 saturated heterocycles. The van der Waals surface area contributed by atoms with Gasteiger partial charge >= 0.3 is 5.97 Å². The molecule has 0 aromatic heterocycles. The van der Waals surface area contributed by atoms with Crippen LogP contribution >= 0.6 is 11.8 Å². The fraction of sp³-hybridized carbons (Fsp3) is 0.0526. The summed E-state index contributed by atoms with van der Waals surface area (Å²) >= 11 is 0.708. The van der Waals surface area contributed by atoms with Crippen LogP contribution in [0.2, 0.25) is 0 Å². The second-order valence-electron chi connectivity index (χ2n) is 5.79. The maximum Gasteiger partial charge on any atom is 0.335 e. The number of amides is 3. The van der Waals surface area contributed by atoms with Gasteiger partial charge in [0.2, 0.25) is 5.91 Å². The Morgan fingerprint density at radius 2 is 1.82 bits per heavy atom. The number of thioether (sulfide) groups is 1. The second-order valence-corrected chi connectivity index (χ2v) is 6.79. The number of carboxylic acids is 1. The van der Waals surface area contributed by atoms with Gasteiger partial charge in [0.25, 0.3) is 11.1 Å². The molecule has 8 nitrogen and oxygen atoms in total. The van der Waals surface area contributed by atoms with Crippen LogP contribution in [0.15, 0.2) is 53.4 Å². The number of nitrogens with one attached hydrogen (secondary N) is 1. The van der Waals surface area contributed by atoms with E-state index >= 15 is 0 Å². The Balaban J connectivity index is 1.66. The Bertz CT molecular complexity index is 1000. The summed E-state index contributed by atoms with van der Waals surface area (Å²) in [5, 5.41) is 20.3. The van der Waals surface area contributed by atoms with Crippen LogP contribution in [0.4, 0.5) is 10.5 Å². The maximum atomic E-state index is 12.4. The van der Waals surface area contributed by atoms with Crippen LogP contribution in [0.3, 0.4) is 0 Å². The first kappa shape index (κ1) is 19.2. The quantitative estimate of drug-likeness (QED) is 0.662. The third-order valence-electron chi connectivity index (χ3n) is 3.76. The van der Waals surface area contributed by atoms with Gasteiger partial charge in [-0.15, -0.1) is 0 Å². The molecule has 1 aliphatic heterocycles. The molecule has 28 heavy (non-hydrogen) atoms. The van der Waals surface area contributed by atoms with Crippen molar-refractivity contribution in [1.82, 2.24) is 4.90 Å². The molecule has 142 valence electrons. The van der Waals surface area contributed by atoms with E-state index < -0.39 is 29.6 Å². The second kappa shape index (κ2) is 7.97. The molecule has 0 radical (unpaired) electrons. The minimum atomic E-state index is -1.09. The van der Waals surface area contributed by atoms with E-state index in [0.717, 1.165) is 4.90 Å². The van der Waals surface area contributed by atoms with E-state index in [-0.39, 0.29) is 16.2 Å². The number of phenols is 1. The average molecular weight is 398 g/mol. The molecule has 0 spiro atoms. The number of hydrogen-bond donors (Lipinski definition) is 3. The molecular formula is C19H14N2O6S. The zero-order chi connectivity index (χ0) is 20.3. The van der Waals surface area contributed by atoms with Crippen LogP contribution in [0.25, 0.3) is 6.08 Å². The fourth-order valence-electron chi connectivity index (χ4n) is 2.44. The summed E-state index contributed by atoms with van der Waals surface area (Å²) in [5.41, 5.74) is 0.965. The summed E-state index contributed by atoms with van der Waals surface area (Å²) in [6, 6.07) is 11.7. The van der Waals surface area contributed by atoms with Gasteiger partial charge < -0.3 is 15.5 Å². The molecule has 2 aromatic rings. The van der Waals surface area contributed by atoms with Crippen molar-refractivity contribution >= 4 is 46.5 Å². The van der Waals surface area contributed by atoms with Crippen molar-refractivity contribution in [3.8, 4) is 5.75 Å². The fourth-order valence-corrected chi connectivity index (χ4v) is 3.28. The molecule has 3 N–H and O–H groups in total. The maximum absolute atomic E-state index is 12.4. The van der Waals surface area contributed by atoms with Crippen molar-refractivity contribution in [1.29, 1.82) is 0 Å². The molecule has 0 unspecified atom stereocenters. The van der Waals surface area contributed by atoms with Gasteiger partial charge in [-0.05, 0) is 59.8 Å². The summed E-state index contributed by atoms with van der Waals surface area (Å²) in [7, 11) is 0. The molecule has 1 fully saturated rings. The minimum Gasteiger partial charge on any atom is -0.508 e. The van der Waals surface area contributed by atoms with Crippen molar-refractivity contribution in [2.24, 2.45) is 0 Å². The van der Waals surface area contributed by atoms with Gasteiger partial charge in [0.1, 0.15) is 12.3 Å². The SMILES string of the molecule is O=C(CN1C(=O)S/C(=C\c2cccc(O)c2)C1=O)Nc1ccc(C(=O)O)cc1. The highest BCUT2D eigenvalue weighted by Crippen LogP contribution is 2.32. The smallest absolute Gasteiger partial charge is 0.335 e. The highest BCUT2D eigenvalue weighted by molar-refractivity contribution is 8.18. The van der Waals surface area contributed by atoms with E-state index in [0.29, 0.717) is 23.0 Å². The molecule has 3 amide bonds. The van der Waals surface area contributed by atoms with Gasteiger partial charge in [-0.1, -0.05) is 12.1 Å². The van der Waals surface area contributed by atoms with Crippen LogP contribution in [-0.4, -0.2) is 44.7 Å². The average Bonchev–Trinajstić information content (AvgIpc) is 2.89. The van der Waals surface area contributed by atoms with E-state index in [1.807, 2.05) is 0 Å². The number of carbonyl (C=O) groups excluding carboxylic acids is 3. The lowest BCUT2D eigenvalue weighted by Crippen LogP contribution is -2.36. The molecule has 0 saturated carbocycles. The number of phenolic OH excluding ortho intramolecular Hbond substituents is 1. The minimum absolute atomic E-state index is 0.0290. The predicted molar refractivity (Wildman–Crippen MR) is 103 cm³/mol. The first-order valence-corrected chi connectivity index (χ1v) is 8.83. The Morgan fingerprint density at radius 3 is 2.46 bits per heavy atom. The molecule has 0 atom stereocenters. The largest absolute Gasteiger partial charge is 0.508 e. The number of aromatic hydroxyl groups is 1. The number of rotatable bonds is 5. The summed E-state index contributed by atoms with van der Waals surface area (Å²) in [6.07, 6.45) is 1.47. The third-order valence-corrected chi connectivity index (χ3v) is 4.67. The Labute approximate surface area is 163 Å². The third kappa shape index (κ3) is 4.38. The van der Waals surface area contributed by atoms with Gasteiger partial charge in [-0.3, -0.25) is 19.3 Å². The molecular weight excluding hydrogens is 384 g/mol. The number of benzene rings is 2. The van der Waals surface area contributed by atoms with Crippen molar-refractivity contribution in [2.75, 3.05) is 11.9 Å². The lowest BCUT2D eigenvalue weighted by Gasteiger charge is -2.12. The van der Waals surface area contributed by atoms with E-state index in [1.165, 1.54) is 42.5 Å². The molecule has 1 aliphatic rings. The summed E-state index contributed by atoms with van der Waals surface area (Å²) in [4.78, 5) is 48.5. The number of carboxylic acid groups (broad SMARTS) is 1. The van der Waals surface area contributed by atoms with E-state index in [2.05, 4.69) is 5.32 Å². The summed E-state index contributed by atoms with van der Waals surface area (Å²) in [6.45, 7) is -0.470. The van der Waals surface area contributed by atoms with Crippen molar-refractivity contribution in [2.45, 2.75) is 0 Å². The Kier molecular flexibility index (Phi) is 5.46. The number of aromatic carboxylic acids is 1. The highest BCUT2D eigenvalue weighted by atomic mass is 32.2. The highest BCUT2D eigenvalue weighted by Gasteiger charge is 2.36. The Hall–Kier alpha value is -3.59. The van der Waals surface area contributed by atoms with E-state index in [9.17, 15) is 24.3 Å².